The zero-order valence-electron chi connectivity index (χ0n) is 9.29. The van der Waals surface area contributed by atoms with Crippen LogP contribution >= 0.6 is 0 Å². The molecule has 1 rings (SSSR count). The summed E-state index contributed by atoms with van der Waals surface area (Å²) in [5.41, 5.74) is 1.93. The summed E-state index contributed by atoms with van der Waals surface area (Å²) in [6, 6.07) is 0. The van der Waals surface area contributed by atoms with Crippen LogP contribution in [-0.2, 0) is 14.2 Å². The Balaban J connectivity index is 3.13. The first kappa shape index (κ1) is 11.7. The fourth-order valence-corrected chi connectivity index (χ4v) is 1.45. The number of aromatic amines is 1. The van der Waals surface area contributed by atoms with E-state index in [1.54, 1.807) is 6.20 Å². The molecule has 0 atom stereocenters. The highest BCUT2D eigenvalue weighted by molar-refractivity contribution is 5.91. The van der Waals surface area contributed by atoms with Gasteiger partial charge >= 0.3 is 5.97 Å². The van der Waals surface area contributed by atoms with Crippen molar-refractivity contribution in [2.24, 2.45) is 0 Å². The predicted molar refractivity (Wildman–Crippen MR) is 53.6 cm³/mol. The maximum atomic E-state index is 11.4. The van der Waals surface area contributed by atoms with Crippen LogP contribution < -0.4 is 0 Å². The van der Waals surface area contributed by atoms with Crippen molar-refractivity contribution in [1.82, 2.24) is 4.98 Å². The van der Waals surface area contributed by atoms with Gasteiger partial charge in [-0.1, -0.05) is 0 Å². The van der Waals surface area contributed by atoms with Gasteiger partial charge in [-0.05, 0) is 6.92 Å². The number of rotatable bonds is 4. The van der Waals surface area contributed by atoms with Crippen molar-refractivity contribution in [3.63, 3.8) is 0 Å². The number of ether oxygens (including phenoxy) is 3. The molecule has 0 aromatic carbocycles. The van der Waals surface area contributed by atoms with Gasteiger partial charge in [0.05, 0.1) is 12.7 Å². The van der Waals surface area contributed by atoms with Gasteiger partial charge in [-0.3, -0.25) is 0 Å². The largest absolute Gasteiger partial charge is 0.465 e. The van der Waals surface area contributed by atoms with Gasteiger partial charge in [0.15, 0.2) is 6.29 Å². The molecule has 84 valence electrons. The molecule has 0 aliphatic carbocycles. The maximum absolute atomic E-state index is 11.4. The number of H-pyrrole nitrogens is 1. The minimum Gasteiger partial charge on any atom is -0.465 e. The molecule has 1 N–H and O–H groups in total. The fraction of sp³-hybridized carbons (Fsp3) is 0.500. The lowest BCUT2D eigenvalue weighted by molar-refractivity contribution is -0.106. The Kier molecular flexibility index (Phi) is 3.88. The number of carbonyl (C=O) groups is 1. The summed E-state index contributed by atoms with van der Waals surface area (Å²) >= 11 is 0. The molecule has 5 nitrogen and oxygen atoms in total. The number of hydrogen-bond donors (Lipinski definition) is 1. The van der Waals surface area contributed by atoms with Gasteiger partial charge in [0.1, 0.15) is 0 Å². The van der Waals surface area contributed by atoms with E-state index in [4.69, 9.17) is 9.47 Å². The summed E-state index contributed by atoms with van der Waals surface area (Å²) in [6.45, 7) is 1.84. The zero-order chi connectivity index (χ0) is 11.4. The third kappa shape index (κ3) is 2.19. The van der Waals surface area contributed by atoms with Gasteiger partial charge in [-0.25, -0.2) is 4.79 Å². The number of esters is 1. The molecular weight excluding hydrogens is 198 g/mol. The Labute approximate surface area is 88.3 Å². The van der Waals surface area contributed by atoms with E-state index in [0.717, 1.165) is 5.69 Å². The Morgan fingerprint density at radius 3 is 2.40 bits per heavy atom. The lowest BCUT2D eigenvalue weighted by atomic mass is 10.1. The van der Waals surface area contributed by atoms with Gasteiger partial charge in [0.25, 0.3) is 0 Å². The second-order valence-electron chi connectivity index (χ2n) is 3.04. The summed E-state index contributed by atoms with van der Waals surface area (Å²) in [6.07, 6.45) is 1.02. The first-order valence-electron chi connectivity index (χ1n) is 4.47. The topological polar surface area (TPSA) is 60.6 Å². The number of aromatic nitrogens is 1. The van der Waals surface area contributed by atoms with E-state index in [-0.39, 0.29) is 0 Å². The smallest absolute Gasteiger partial charge is 0.339 e. The van der Waals surface area contributed by atoms with Crippen LogP contribution in [0.2, 0.25) is 0 Å². The molecule has 1 aromatic rings. The Morgan fingerprint density at radius 2 is 1.93 bits per heavy atom. The highest BCUT2D eigenvalue weighted by Crippen LogP contribution is 2.25. The van der Waals surface area contributed by atoms with Gasteiger partial charge in [0.2, 0.25) is 0 Å². The molecule has 0 amide bonds. The Hall–Kier alpha value is -1.33. The zero-order valence-corrected chi connectivity index (χ0v) is 9.29. The van der Waals surface area contributed by atoms with Crippen molar-refractivity contribution in [1.29, 1.82) is 0 Å². The number of hydrogen-bond acceptors (Lipinski definition) is 4. The highest BCUT2D eigenvalue weighted by Gasteiger charge is 2.23. The molecular formula is C10H15NO4. The van der Waals surface area contributed by atoms with Gasteiger partial charge in [-0.15, -0.1) is 0 Å². The lowest BCUT2D eigenvalue weighted by Gasteiger charge is -2.14. The molecule has 0 bridgehead atoms. The SMILES string of the molecule is COC(=O)c1c[nH]c(C)c1C(OC)OC. The highest BCUT2D eigenvalue weighted by atomic mass is 16.7. The van der Waals surface area contributed by atoms with E-state index in [1.807, 2.05) is 6.92 Å². The minimum absolute atomic E-state index is 0.409. The van der Waals surface area contributed by atoms with Crippen LogP contribution in [0.5, 0.6) is 0 Å². The van der Waals surface area contributed by atoms with Crippen LogP contribution in [0.15, 0.2) is 6.20 Å². The average molecular weight is 213 g/mol. The van der Waals surface area contributed by atoms with Crippen LogP contribution in [0.4, 0.5) is 0 Å². The van der Waals surface area contributed by atoms with Crippen LogP contribution in [0.3, 0.4) is 0 Å². The molecule has 1 aromatic heterocycles. The quantitative estimate of drug-likeness (QED) is 0.606. The summed E-state index contributed by atoms with van der Waals surface area (Å²) in [7, 11) is 4.37. The van der Waals surface area contributed by atoms with Crippen LogP contribution in [-0.4, -0.2) is 32.3 Å². The Bertz CT molecular complexity index is 341. The minimum atomic E-state index is -0.564. The fourth-order valence-electron chi connectivity index (χ4n) is 1.45. The van der Waals surface area contributed by atoms with Crippen molar-refractivity contribution in [2.75, 3.05) is 21.3 Å². The third-order valence-electron chi connectivity index (χ3n) is 2.20. The molecule has 0 fully saturated rings. The van der Waals surface area contributed by atoms with E-state index in [9.17, 15) is 4.79 Å². The van der Waals surface area contributed by atoms with Crippen LogP contribution in [0, 0.1) is 6.92 Å². The molecule has 0 radical (unpaired) electrons. The number of methoxy groups -OCH3 is 3. The summed E-state index contributed by atoms with van der Waals surface area (Å²) in [5.74, 6) is -0.409. The van der Waals surface area contributed by atoms with E-state index in [1.165, 1.54) is 21.3 Å². The molecule has 0 unspecified atom stereocenters. The normalized spacial score (nSPS) is 10.7. The molecule has 15 heavy (non-hydrogen) atoms. The number of carbonyl (C=O) groups excluding carboxylic acids is 1. The van der Waals surface area contributed by atoms with Gasteiger partial charge < -0.3 is 19.2 Å². The molecule has 0 spiro atoms. The molecule has 0 aliphatic heterocycles. The van der Waals surface area contributed by atoms with E-state index in [2.05, 4.69) is 9.72 Å². The first-order chi connectivity index (χ1) is 7.15. The van der Waals surface area contributed by atoms with E-state index < -0.39 is 12.3 Å². The summed E-state index contributed by atoms with van der Waals surface area (Å²) in [5, 5.41) is 0. The van der Waals surface area contributed by atoms with E-state index in [0.29, 0.717) is 11.1 Å². The standard InChI is InChI=1S/C10H15NO4/c1-6-8(10(14-3)15-4)7(5-11-6)9(12)13-2/h5,10-11H,1-4H3. The molecule has 0 aliphatic rings. The van der Waals surface area contributed by atoms with Crippen molar-refractivity contribution in [3.8, 4) is 0 Å². The van der Waals surface area contributed by atoms with Crippen molar-refractivity contribution < 1.29 is 19.0 Å². The number of aryl methyl sites for hydroxylation is 1. The Morgan fingerprint density at radius 1 is 1.33 bits per heavy atom. The average Bonchev–Trinajstić information content (AvgIpc) is 2.62. The third-order valence-corrected chi connectivity index (χ3v) is 2.20. The first-order valence-corrected chi connectivity index (χ1v) is 4.47. The maximum Gasteiger partial charge on any atom is 0.339 e. The molecule has 1 heterocycles. The van der Waals surface area contributed by atoms with Gasteiger partial charge in [0, 0.05) is 31.7 Å². The van der Waals surface area contributed by atoms with Crippen LogP contribution in [0.1, 0.15) is 27.9 Å². The summed E-state index contributed by atoms with van der Waals surface area (Å²) in [4.78, 5) is 14.4. The summed E-state index contributed by atoms with van der Waals surface area (Å²) < 4.78 is 14.9. The monoisotopic (exact) mass is 213 g/mol. The second-order valence-corrected chi connectivity index (χ2v) is 3.04. The molecule has 5 heteroatoms. The van der Waals surface area contributed by atoms with Crippen molar-refractivity contribution in [2.45, 2.75) is 13.2 Å². The van der Waals surface area contributed by atoms with Crippen molar-refractivity contribution in [3.05, 3.63) is 23.0 Å². The molecule has 0 saturated carbocycles. The number of nitrogens with one attached hydrogen (secondary N) is 1. The van der Waals surface area contributed by atoms with Crippen molar-refractivity contribution >= 4 is 5.97 Å². The van der Waals surface area contributed by atoms with E-state index >= 15 is 0 Å². The second kappa shape index (κ2) is 4.95. The van der Waals surface area contributed by atoms with Gasteiger partial charge in [-0.2, -0.15) is 0 Å². The lowest BCUT2D eigenvalue weighted by Crippen LogP contribution is -2.11. The molecule has 0 saturated heterocycles. The predicted octanol–water partition coefficient (Wildman–Crippen LogP) is 1.40. The van der Waals surface area contributed by atoms with Crippen LogP contribution in [0.25, 0.3) is 0 Å².